The van der Waals surface area contributed by atoms with Crippen molar-refractivity contribution in [1.82, 2.24) is 5.43 Å². The number of amides is 2. The maximum atomic E-state index is 12.7. The van der Waals surface area contributed by atoms with Crippen molar-refractivity contribution in [1.29, 1.82) is 0 Å². The lowest BCUT2D eigenvalue weighted by Gasteiger charge is -2.14. The van der Waals surface area contributed by atoms with E-state index in [2.05, 4.69) is 5.43 Å². The Balaban J connectivity index is 1.85. The number of carbonyl (C=O) groups is 3. The Morgan fingerprint density at radius 3 is 2.59 bits per heavy atom. The largest absolute Gasteiger partial charge is 0.481 e. The van der Waals surface area contributed by atoms with Gasteiger partial charge in [-0.1, -0.05) is 29.8 Å². The molecule has 0 bridgehead atoms. The molecule has 1 N–H and O–H groups in total. The maximum Gasteiger partial charge on any atom is 0.344 e. The molecule has 0 radical (unpaired) electrons. The molecule has 1 aliphatic heterocycles. The number of hydrazine groups is 1. The predicted molar refractivity (Wildman–Crippen MR) is 108 cm³/mol. The number of para-hydroxylation sites is 1. The van der Waals surface area contributed by atoms with E-state index in [1.807, 2.05) is 6.07 Å². The van der Waals surface area contributed by atoms with Gasteiger partial charge in [0.05, 0.1) is 11.8 Å². The van der Waals surface area contributed by atoms with Gasteiger partial charge in [0.1, 0.15) is 11.3 Å². The lowest BCUT2D eigenvalue weighted by molar-refractivity contribution is -0.149. The summed E-state index contributed by atoms with van der Waals surface area (Å²) in [5.74, 6) is -1.30. The number of esters is 1. The molecule has 29 heavy (non-hydrogen) atoms. The summed E-state index contributed by atoms with van der Waals surface area (Å²) >= 11 is 6.06. The first-order chi connectivity index (χ1) is 13.8. The summed E-state index contributed by atoms with van der Waals surface area (Å²) in [5, 5.41) is 1.55. The van der Waals surface area contributed by atoms with Gasteiger partial charge in [-0.05, 0) is 50.3 Å². The molecule has 0 unspecified atom stereocenters. The smallest absolute Gasteiger partial charge is 0.344 e. The Morgan fingerprint density at radius 2 is 1.90 bits per heavy atom. The highest BCUT2D eigenvalue weighted by Crippen LogP contribution is 2.28. The van der Waals surface area contributed by atoms with Gasteiger partial charge in [0, 0.05) is 10.6 Å². The molecule has 8 heteroatoms. The number of hydrogen-bond donors (Lipinski definition) is 1. The highest BCUT2D eigenvalue weighted by Gasteiger charge is 2.34. The summed E-state index contributed by atoms with van der Waals surface area (Å²) in [6.07, 6.45) is 1.12. The quantitative estimate of drug-likeness (QED) is 0.446. The molecule has 0 saturated carbocycles. The minimum absolute atomic E-state index is 0.0780. The Kier molecular flexibility index (Phi) is 6.19. The van der Waals surface area contributed by atoms with Crippen LogP contribution in [0, 0.1) is 0 Å². The van der Waals surface area contributed by atoms with Crippen LogP contribution in [0.15, 0.2) is 54.1 Å². The average Bonchev–Trinajstić information content (AvgIpc) is 2.96. The topological polar surface area (TPSA) is 84.9 Å². The van der Waals surface area contributed by atoms with Crippen molar-refractivity contribution in [3.63, 3.8) is 0 Å². The molecular weight excluding hydrogens is 396 g/mol. The van der Waals surface area contributed by atoms with E-state index in [0.717, 1.165) is 0 Å². The fourth-order valence-electron chi connectivity index (χ4n) is 2.67. The number of anilines is 1. The third kappa shape index (κ3) is 4.94. The Hall–Kier alpha value is -3.32. The standard InChI is InChI=1S/C21H19ClN2O5/c1-13(2)29-19(25)12-28-18-9-8-15(22)10-14(18)11-17-20(26)23-24(21(17)27)16-6-4-3-5-7-16/h3-11,13H,12H2,1-2H3,(H,23,26)/b17-11-. The van der Waals surface area contributed by atoms with Crippen LogP contribution in [0.4, 0.5) is 5.69 Å². The number of ether oxygens (including phenoxy) is 2. The summed E-state index contributed by atoms with van der Waals surface area (Å²) in [6, 6.07) is 13.4. The average molecular weight is 415 g/mol. The number of rotatable bonds is 6. The van der Waals surface area contributed by atoms with Crippen LogP contribution in [0.3, 0.4) is 0 Å². The second kappa shape index (κ2) is 8.79. The molecule has 2 aromatic rings. The van der Waals surface area contributed by atoms with Crippen molar-refractivity contribution in [3.8, 4) is 5.75 Å². The van der Waals surface area contributed by atoms with Crippen LogP contribution in [0.25, 0.3) is 6.08 Å². The van der Waals surface area contributed by atoms with E-state index in [9.17, 15) is 14.4 Å². The molecule has 2 aromatic carbocycles. The molecule has 0 spiro atoms. The van der Waals surface area contributed by atoms with E-state index < -0.39 is 17.8 Å². The Labute approximate surface area is 172 Å². The van der Waals surface area contributed by atoms with Crippen molar-refractivity contribution in [2.24, 2.45) is 0 Å². The fourth-order valence-corrected chi connectivity index (χ4v) is 2.85. The van der Waals surface area contributed by atoms with Crippen molar-refractivity contribution in [3.05, 3.63) is 64.7 Å². The zero-order valence-corrected chi connectivity index (χ0v) is 16.6. The zero-order valence-electron chi connectivity index (χ0n) is 15.8. The molecule has 2 amide bonds. The second-order valence-electron chi connectivity index (χ2n) is 6.48. The molecule has 0 aliphatic carbocycles. The summed E-state index contributed by atoms with van der Waals surface area (Å²) in [6.45, 7) is 3.16. The van der Waals surface area contributed by atoms with E-state index >= 15 is 0 Å². The van der Waals surface area contributed by atoms with Crippen molar-refractivity contribution < 1.29 is 23.9 Å². The first kappa shape index (κ1) is 20.4. The third-order valence-corrected chi connectivity index (χ3v) is 4.13. The van der Waals surface area contributed by atoms with Crippen molar-refractivity contribution in [2.75, 3.05) is 11.6 Å². The van der Waals surface area contributed by atoms with E-state index in [0.29, 0.717) is 22.0 Å². The monoisotopic (exact) mass is 414 g/mol. The van der Waals surface area contributed by atoms with Gasteiger partial charge in [-0.3, -0.25) is 15.0 Å². The molecule has 1 aliphatic rings. The molecule has 1 heterocycles. The third-order valence-electron chi connectivity index (χ3n) is 3.89. The molecular formula is C21H19ClN2O5. The Morgan fingerprint density at radius 1 is 1.17 bits per heavy atom. The van der Waals surface area contributed by atoms with Gasteiger partial charge >= 0.3 is 5.97 Å². The first-order valence-electron chi connectivity index (χ1n) is 8.89. The molecule has 0 aromatic heterocycles. The van der Waals surface area contributed by atoms with Crippen LogP contribution in [0.5, 0.6) is 5.75 Å². The van der Waals surface area contributed by atoms with Crippen LogP contribution < -0.4 is 15.2 Å². The van der Waals surface area contributed by atoms with E-state index in [-0.39, 0.29) is 18.3 Å². The van der Waals surface area contributed by atoms with Crippen LogP contribution in [0.2, 0.25) is 5.02 Å². The van der Waals surface area contributed by atoms with E-state index in [1.165, 1.54) is 11.1 Å². The normalized spacial score (nSPS) is 15.0. The number of carbonyl (C=O) groups excluding carboxylic acids is 3. The molecule has 1 saturated heterocycles. The molecule has 3 rings (SSSR count). The van der Waals surface area contributed by atoms with Gasteiger partial charge < -0.3 is 9.47 Å². The van der Waals surface area contributed by atoms with Crippen LogP contribution >= 0.6 is 11.6 Å². The number of hydrogen-bond acceptors (Lipinski definition) is 5. The van der Waals surface area contributed by atoms with Crippen molar-refractivity contribution in [2.45, 2.75) is 20.0 Å². The number of nitrogens with zero attached hydrogens (tertiary/aromatic N) is 1. The zero-order chi connectivity index (χ0) is 21.0. The number of halogens is 1. The summed E-state index contributed by atoms with van der Waals surface area (Å²) in [5.41, 5.74) is 3.37. The van der Waals surface area contributed by atoms with Crippen LogP contribution in [-0.4, -0.2) is 30.5 Å². The highest BCUT2D eigenvalue weighted by molar-refractivity contribution is 6.32. The lowest BCUT2D eigenvalue weighted by Crippen LogP contribution is -2.35. The van der Waals surface area contributed by atoms with Crippen molar-refractivity contribution >= 4 is 41.1 Å². The fraction of sp³-hybridized carbons (Fsp3) is 0.190. The number of benzene rings is 2. The van der Waals surface area contributed by atoms with E-state index in [4.69, 9.17) is 21.1 Å². The van der Waals surface area contributed by atoms with Gasteiger partial charge in [-0.15, -0.1) is 0 Å². The van der Waals surface area contributed by atoms with Gasteiger partial charge in [0.25, 0.3) is 11.8 Å². The van der Waals surface area contributed by atoms with Gasteiger partial charge in [0.2, 0.25) is 0 Å². The summed E-state index contributed by atoms with van der Waals surface area (Å²) in [7, 11) is 0. The summed E-state index contributed by atoms with van der Waals surface area (Å²) < 4.78 is 10.5. The lowest BCUT2D eigenvalue weighted by atomic mass is 10.1. The SMILES string of the molecule is CC(C)OC(=O)COc1ccc(Cl)cc1/C=C1/C(=O)NN(c2ccccc2)C1=O. The van der Waals surface area contributed by atoms with E-state index in [1.54, 1.807) is 56.3 Å². The minimum atomic E-state index is -0.552. The van der Waals surface area contributed by atoms with Gasteiger partial charge in [-0.25, -0.2) is 9.80 Å². The van der Waals surface area contributed by atoms with Gasteiger partial charge in [-0.2, -0.15) is 0 Å². The molecule has 150 valence electrons. The highest BCUT2D eigenvalue weighted by atomic mass is 35.5. The number of nitrogens with one attached hydrogen (secondary N) is 1. The van der Waals surface area contributed by atoms with Crippen LogP contribution in [-0.2, 0) is 19.1 Å². The minimum Gasteiger partial charge on any atom is -0.481 e. The Bertz CT molecular complexity index is 972. The summed E-state index contributed by atoms with van der Waals surface area (Å²) in [4.78, 5) is 36.8. The predicted octanol–water partition coefficient (Wildman–Crippen LogP) is 3.13. The molecule has 0 atom stereocenters. The second-order valence-corrected chi connectivity index (χ2v) is 6.92. The van der Waals surface area contributed by atoms with Crippen LogP contribution in [0.1, 0.15) is 19.4 Å². The first-order valence-corrected chi connectivity index (χ1v) is 9.27. The molecule has 7 nitrogen and oxygen atoms in total. The molecule has 1 fully saturated rings. The van der Waals surface area contributed by atoms with Gasteiger partial charge in [0.15, 0.2) is 6.61 Å². The maximum absolute atomic E-state index is 12.7.